The van der Waals surface area contributed by atoms with Crippen LogP contribution in [0.15, 0.2) is 42.5 Å². The molecule has 0 saturated heterocycles. The number of fused-ring (bicyclic) bond motifs is 1. The van der Waals surface area contributed by atoms with Crippen LogP contribution < -0.4 is 19.5 Å². The minimum absolute atomic E-state index is 0.137. The molecule has 0 aromatic heterocycles. The van der Waals surface area contributed by atoms with Gasteiger partial charge in [0.2, 0.25) is 0 Å². The lowest BCUT2D eigenvalue weighted by Gasteiger charge is -2.22. The summed E-state index contributed by atoms with van der Waals surface area (Å²) in [6.07, 6.45) is 3.97. The average molecular weight is 369 g/mol. The second-order valence-electron chi connectivity index (χ2n) is 6.68. The Morgan fingerprint density at radius 2 is 1.81 bits per heavy atom. The smallest absolute Gasteiger partial charge is 0.260 e. The molecule has 0 radical (unpaired) electrons. The molecule has 1 unspecified atom stereocenters. The summed E-state index contributed by atoms with van der Waals surface area (Å²) in [7, 11) is 1.62. The van der Waals surface area contributed by atoms with Gasteiger partial charge in [-0.05, 0) is 74.1 Å². The molecule has 27 heavy (non-hydrogen) atoms. The Labute approximate surface area is 160 Å². The Bertz CT molecular complexity index is 757. The molecule has 0 aliphatic heterocycles. The lowest BCUT2D eigenvalue weighted by Crippen LogP contribution is -2.38. The van der Waals surface area contributed by atoms with Crippen LogP contribution in [0.2, 0.25) is 0 Å². The van der Waals surface area contributed by atoms with E-state index < -0.39 is 6.10 Å². The molecule has 1 amide bonds. The molecule has 5 nitrogen and oxygen atoms in total. The van der Waals surface area contributed by atoms with E-state index in [-0.39, 0.29) is 5.91 Å². The van der Waals surface area contributed by atoms with Crippen LogP contribution in [0.3, 0.4) is 0 Å². The predicted octanol–water partition coefficient (Wildman–Crippen LogP) is 3.54. The minimum Gasteiger partial charge on any atom is -0.497 e. The zero-order valence-corrected chi connectivity index (χ0v) is 16.0. The molecule has 1 aliphatic rings. The summed E-state index contributed by atoms with van der Waals surface area (Å²) in [5.74, 6) is 2.22. The molecular weight excluding hydrogens is 342 g/mol. The summed E-state index contributed by atoms with van der Waals surface area (Å²) in [4.78, 5) is 12.3. The summed E-state index contributed by atoms with van der Waals surface area (Å²) < 4.78 is 16.7. The number of amides is 1. The largest absolute Gasteiger partial charge is 0.497 e. The number of methoxy groups -OCH3 is 1. The maximum atomic E-state index is 12.3. The summed E-state index contributed by atoms with van der Waals surface area (Å²) in [6.45, 7) is 2.60. The molecular formula is C22H27NO4. The molecule has 2 aromatic carbocycles. The second kappa shape index (κ2) is 9.31. The predicted molar refractivity (Wildman–Crippen MR) is 105 cm³/mol. The van der Waals surface area contributed by atoms with Crippen molar-refractivity contribution in [3.8, 4) is 17.2 Å². The first-order valence-corrected chi connectivity index (χ1v) is 9.49. The monoisotopic (exact) mass is 369 g/mol. The molecule has 3 rings (SSSR count). The molecule has 2 aromatic rings. The third-order valence-corrected chi connectivity index (χ3v) is 4.76. The van der Waals surface area contributed by atoms with Gasteiger partial charge in [-0.2, -0.15) is 0 Å². The zero-order chi connectivity index (χ0) is 19.1. The van der Waals surface area contributed by atoms with Gasteiger partial charge in [-0.15, -0.1) is 0 Å². The summed E-state index contributed by atoms with van der Waals surface area (Å²) in [5.41, 5.74) is 2.60. The maximum absolute atomic E-state index is 12.3. The topological polar surface area (TPSA) is 56.8 Å². The summed E-state index contributed by atoms with van der Waals surface area (Å²) in [5, 5.41) is 2.86. The van der Waals surface area contributed by atoms with Crippen LogP contribution in [-0.2, 0) is 17.6 Å². The molecule has 1 N–H and O–H groups in total. The van der Waals surface area contributed by atoms with Gasteiger partial charge in [0.1, 0.15) is 23.9 Å². The van der Waals surface area contributed by atoms with Gasteiger partial charge < -0.3 is 19.5 Å². The number of carbonyl (C=O) groups excluding carboxylic acids is 1. The van der Waals surface area contributed by atoms with E-state index in [0.29, 0.717) is 13.2 Å². The molecule has 0 saturated carbocycles. The zero-order valence-electron chi connectivity index (χ0n) is 16.0. The maximum Gasteiger partial charge on any atom is 0.260 e. The first-order valence-electron chi connectivity index (χ1n) is 9.49. The molecule has 1 aliphatic carbocycles. The first kappa shape index (κ1) is 19.1. The number of carbonyl (C=O) groups is 1. The quantitative estimate of drug-likeness (QED) is 0.723. The molecule has 144 valence electrons. The number of benzene rings is 2. The third-order valence-electron chi connectivity index (χ3n) is 4.76. The van der Waals surface area contributed by atoms with Gasteiger partial charge in [0, 0.05) is 0 Å². The molecule has 1 atom stereocenters. The number of aryl methyl sites for hydroxylation is 1. The Balaban J connectivity index is 1.44. The van der Waals surface area contributed by atoms with Crippen LogP contribution in [0, 0.1) is 0 Å². The van der Waals surface area contributed by atoms with Crippen molar-refractivity contribution in [1.29, 1.82) is 0 Å². The van der Waals surface area contributed by atoms with Crippen molar-refractivity contribution in [2.45, 2.75) is 38.7 Å². The summed E-state index contributed by atoms with van der Waals surface area (Å²) >= 11 is 0. The van der Waals surface area contributed by atoms with Crippen molar-refractivity contribution in [2.24, 2.45) is 0 Å². The lowest BCUT2D eigenvalue weighted by atomic mass is 9.91. The highest BCUT2D eigenvalue weighted by molar-refractivity contribution is 5.80. The van der Waals surface area contributed by atoms with E-state index in [9.17, 15) is 4.79 Å². The van der Waals surface area contributed by atoms with Crippen LogP contribution in [-0.4, -0.2) is 32.3 Å². The van der Waals surface area contributed by atoms with Crippen LogP contribution in [0.25, 0.3) is 0 Å². The fraction of sp³-hybridized carbons (Fsp3) is 0.409. The van der Waals surface area contributed by atoms with E-state index in [2.05, 4.69) is 11.4 Å². The standard InChI is InChI=1S/C22H27NO4/c1-16(27-21-9-5-7-17-6-3-4-8-20(17)21)22(24)23-14-15-26-19-12-10-18(25-2)11-13-19/h5,7,9-13,16H,3-4,6,8,14-15H2,1-2H3,(H,23,24). The number of hydrogen-bond donors (Lipinski definition) is 1. The highest BCUT2D eigenvalue weighted by atomic mass is 16.5. The highest BCUT2D eigenvalue weighted by Gasteiger charge is 2.19. The van der Waals surface area contributed by atoms with E-state index in [0.717, 1.165) is 30.1 Å². The van der Waals surface area contributed by atoms with Gasteiger partial charge in [0.05, 0.1) is 13.7 Å². The van der Waals surface area contributed by atoms with Crippen molar-refractivity contribution in [3.05, 3.63) is 53.6 Å². The van der Waals surface area contributed by atoms with E-state index in [1.807, 2.05) is 36.4 Å². The van der Waals surface area contributed by atoms with Crippen LogP contribution in [0.4, 0.5) is 0 Å². The van der Waals surface area contributed by atoms with Crippen LogP contribution >= 0.6 is 0 Å². The molecule has 0 spiro atoms. The van der Waals surface area contributed by atoms with Gasteiger partial charge >= 0.3 is 0 Å². The number of rotatable bonds is 8. The average Bonchev–Trinajstić information content (AvgIpc) is 2.71. The second-order valence-corrected chi connectivity index (χ2v) is 6.68. The lowest BCUT2D eigenvalue weighted by molar-refractivity contribution is -0.127. The van der Waals surface area contributed by atoms with Gasteiger partial charge in [-0.1, -0.05) is 12.1 Å². The SMILES string of the molecule is COc1ccc(OCCNC(=O)C(C)Oc2cccc3c2CCCC3)cc1. The molecule has 5 heteroatoms. The van der Waals surface area contributed by atoms with Crippen molar-refractivity contribution in [3.63, 3.8) is 0 Å². The fourth-order valence-corrected chi connectivity index (χ4v) is 3.26. The van der Waals surface area contributed by atoms with E-state index in [4.69, 9.17) is 14.2 Å². The number of ether oxygens (including phenoxy) is 3. The van der Waals surface area contributed by atoms with Gasteiger partial charge in [-0.25, -0.2) is 0 Å². The molecule has 0 heterocycles. The van der Waals surface area contributed by atoms with Gasteiger partial charge in [-0.3, -0.25) is 4.79 Å². The van der Waals surface area contributed by atoms with Crippen molar-refractivity contribution < 1.29 is 19.0 Å². The van der Waals surface area contributed by atoms with E-state index >= 15 is 0 Å². The Kier molecular flexibility index (Phi) is 6.58. The number of hydrogen-bond acceptors (Lipinski definition) is 4. The van der Waals surface area contributed by atoms with Crippen molar-refractivity contribution in [1.82, 2.24) is 5.32 Å². The Morgan fingerprint density at radius 1 is 1.07 bits per heavy atom. The third kappa shape index (κ3) is 5.16. The fourth-order valence-electron chi connectivity index (χ4n) is 3.26. The van der Waals surface area contributed by atoms with Crippen LogP contribution in [0.5, 0.6) is 17.2 Å². The van der Waals surface area contributed by atoms with Gasteiger partial charge in [0.25, 0.3) is 5.91 Å². The van der Waals surface area contributed by atoms with E-state index in [1.165, 1.54) is 24.0 Å². The summed E-state index contributed by atoms with van der Waals surface area (Å²) in [6, 6.07) is 13.5. The molecule has 0 bridgehead atoms. The first-order chi connectivity index (χ1) is 13.2. The molecule has 0 fully saturated rings. The highest BCUT2D eigenvalue weighted by Crippen LogP contribution is 2.30. The Hall–Kier alpha value is -2.69. The Morgan fingerprint density at radius 3 is 2.59 bits per heavy atom. The van der Waals surface area contributed by atoms with Crippen molar-refractivity contribution >= 4 is 5.91 Å². The van der Waals surface area contributed by atoms with Crippen molar-refractivity contribution in [2.75, 3.05) is 20.3 Å². The van der Waals surface area contributed by atoms with Gasteiger partial charge in [0.15, 0.2) is 6.10 Å². The number of nitrogens with one attached hydrogen (secondary N) is 1. The minimum atomic E-state index is -0.542. The van der Waals surface area contributed by atoms with E-state index in [1.54, 1.807) is 14.0 Å². The normalized spacial score (nSPS) is 14.0. The van der Waals surface area contributed by atoms with Crippen LogP contribution in [0.1, 0.15) is 30.9 Å².